The fraction of sp³-hybridized carbons (Fsp3) is 0.308. The van der Waals surface area contributed by atoms with Crippen LogP contribution in [0.1, 0.15) is 40.0 Å². The molecule has 4 rings (SSSR count). The van der Waals surface area contributed by atoms with Gasteiger partial charge >= 0.3 is 11.8 Å². The molecule has 1 heterocycles. The van der Waals surface area contributed by atoms with Gasteiger partial charge in [0.15, 0.2) is 0 Å². The molecule has 1 N–H and O–H groups in total. The SMILES string of the molecule is CC(C)(C)OC(=O)N(c1ccc(Nc2nc(-c3ccccc3)ccc2[N+](=O)[O-])cc1)C1CCC1. The molecule has 0 spiro atoms. The number of amides is 1. The van der Waals surface area contributed by atoms with Gasteiger partial charge in [0.1, 0.15) is 5.60 Å². The van der Waals surface area contributed by atoms with Crippen molar-refractivity contribution >= 4 is 29.0 Å². The van der Waals surface area contributed by atoms with Crippen LogP contribution in [-0.2, 0) is 4.74 Å². The van der Waals surface area contributed by atoms with E-state index in [0.29, 0.717) is 11.4 Å². The van der Waals surface area contributed by atoms with Crippen molar-refractivity contribution in [2.45, 2.75) is 51.7 Å². The molecule has 3 aromatic rings. The summed E-state index contributed by atoms with van der Waals surface area (Å²) in [5, 5.41) is 14.6. The first-order valence-corrected chi connectivity index (χ1v) is 11.3. The zero-order valence-electron chi connectivity index (χ0n) is 19.5. The summed E-state index contributed by atoms with van der Waals surface area (Å²) in [4.78, 5) is 30.2. The Morgan fingerprint density at radius 3 is 2.29 bits per heavy atom. The van der Waals surface area contributed by atoms with Crippen molar-refractivity contribution in [3.05, 3.63) is 76.8 Å². The molecule has 1 aromatic heterocycles. The largest absolute Gasteiger partial charge is 0.443 e. The first-order valence-electron chi connectivity index (χ1n) is 11.3. The van der Waals surface area contributed by atoms with Crippen LogP contribution in [0.5, 0.6) is 0 Å². The summed E-state index contributed by atoms with van der Waals surface area (Å²) >= 11 is 0. The molecule has 8 heteroatoms. The van der Waals surface area contributed by atoms with E-state index in [2.05, 4.69) is 10.3 Å². The van der Waals surface area contributed by atoms with Crippen LogP contribution in [0.3, 0.4) is 0 Å². The lowest BCUT2D eigenvalue weighted by Crippen LogP contribution is -2.46. The first kappa shape index (κ1) is 23.2. The van der Waals surface area contributed by atoms with Crippen molar-refractivity contribution in [2.24, 2.45) is 0 Å². The zero-order chi connectivity index (χ0) is 24.3. The van der Waals surface area contributed by atoms with Gasteiger partial charge in [-0.15, -0.1) is 0 Å². The maximum atomic E-state index is 12.9. The summed E-state index contributed by atoms with van der Waals surface area (Å²) in [5.41, 5.74) is 2.14. The van der Waals surface area contributed by atoms with Gasteiger partial charge in [0.25, 0.3) is 0 Å². The van der Waals surface area contributed by atoms with E-state index in [4.69, 9.17) is 4.74 Å². The lowest BCUT2D eigenvalue weighted by Gasteiger charge is -2.38. The number of benzene rings is 2. The Balaban J connectivity index is 1.59. The number of ether oxygens (including phenoxy) is 1. The molecule has 0 radical (unpaired) electrons. The summed E-state index contributed by atoms with van der Waals surface area (Å²) < 4.78 is 5.62. The van der Waals surface area contributed by atoms with Gasteiger partial charge in [0, 0.05) is 29.0 Å². The number of hydrogen-bond acceptors (Lipinski definition) is 6. The average molecular weight is 461 g/mol. The Morgan fingerprint density at radius 1 is 1.06 bits per heavy atom. The Labute approximate surface area is 198 Å². The number of pyridine rings is 1. The molecule has 0 aliphatic heterocycles. The van der Waals surface area contributed by atoms with E-state index in [1.54, 1.807) is 23.1 Å². The van der Waals surface area contributed by atoms with E-state index in [0.717, 1.165) is 30.5 Å². The van der Waals surface area contributed by atoms with Crippen LogP contribution in [0.2, 0.25) is 0 Å². The van der Waals surface area contributed by atoms with Crippen LogP contribution in [0.25, 0.3) is 11.3 Å². The second-order valence-electron chi connectivity index (χ2n) is 9.29. The minimum atomic E-state index is -0.588. The highest BCUT2D eigenvalue weighted by Crippen LogP contribution is 2.33. The van der Waals surface area contributed by atoms with Crippen LogP contribution >= 0.6 is 0 Å². The van der Waals surface area contributed by atoms with Crippen molar-refractivity contribution < 1.29 is 14.5 Å². The van der Waals surface area contributed by atoms with Crippen LogP contribution in [0, 0.1) is 10.1 Å². The van der Waals surface area contributed by atoms with Crippen LogP contribution in [0.15, 0.2) is 66.7 Å². The quantitative estimate of drug-likeness (QED) is 0.325. The van der Waals surface area contributed by atoms with E-state index in [1.165, 1.54) is 6.07 Å². The average Bonchev–Trinajstić information content (AvgIpc) is 2.76. The lowest BCUT2D eigenvalue weighted by atomic mass is 9.91. The Morgan fingerprint density at radius 2 is 1.74 bits per heavy atom. The van der Waals surface area contributed by atoms with Crippen molar-refractivity contribution in [3.63, 3.8) is 0 Å². The number of nitrogens with one attached hydrogen (secondary N) is 1. The van der Waals surface area contributed by atoms with Gasteiger partial charge in [-0.1, -0.05) is 30.3 Å². The van der Waals surface area contributed by atoms with E-state index in [9.17, 15) is 14.9 Å². The molecule has 0 atom stereocenters. The predicted molar refractivity (Wildman–Crippen MR) is 132 cm³/mol. The number of anilines is 3. The molecule has 0 bridgehead atoms. The van der Waals surface area contributed by atoms with E-state index in [-0.39, 0.29) is 23.6 Å². The topological polar surface area (TPSA) is 97.6 Å². The minimum Gasteiger partial charge on any atom is -0.443 e. The Hall–Kier alpha value is -3.94. The summed E-state index contributed by atoms with van der Waals surface area (Å²) in [6.07, 6.45) is 2.57. The molecule has 34 heavy (non-hydrogen) atoms. The van der Waals surface area contributed by atoms with Gasteiger partial charge in [0.2, 0.25) is 5.82 Å². The number of aromatic nitrogens is 1. The number of carbonyl (C=O) groups excluding carboxylic acids is 1. The second-order valence-corrected chi connectivity index (χ2v) is 9.29. The van der Waals surface area contributed by atoms with Gasteiger partial charge < -0.3 is 10.1 Å². The van der Waals surface area contributed by atoms with Crippen LogP contribution < -0.4 is 10.2 Å². The second kappa shape index (κ2) is 9.51. The zero-order valence-corrected chi connectivity index (χ0v) is 19.5. The Bertz CT molecular complexity index is 1170. The summed E-state index contributed by atoms with van der Waals surface area (Å²) in [5.74, 6) is 0.155. The molecule has 0 unspecified atom stereocenters. The number of carbonyl (C=O) groups is 1. The Kier molecular flexibility index (Phi) is 6.49. The molecule has 2 aromatic carbocycles. The molecule has 8 nitrogen and oxygen atoms in total. The van der Waals surface area contributed by atoms with Gasteiger partial charge in [-0.25, -0.2) is 9.78 Å². The number of rotatable bonds is 6. The molecule has 176 valence electrons. The number of hydrogen-bond donors (Lipinski definition) is 1. The van der Waals surface area contributed by atoms with Gasteiger partial charge in [0.05, 0.1) is 10.6 Å². The molecule has 1 aliphatic rings. The maximum absolute atomic E-state index is 12.9. The van der Waals surface area contributed by atoms with E-state index < -0.39 is 10.5 Å². The van der Waals surface area contributed by atoms with Crippen molar-refractivity contribution in [1.29, 1.82) is 0 Å². The fourth-order valence-electron chi connectivity index (χ4n) is 3.72. The first-order chi connectivity index (χ1) is 16.2. The van der Waals surface area contributed by atoms with E-state index in [1.807, 2.05) is 63.2 Å². The van der Waals surface area contributed by atoms with Gasteiger partial charge in [-0.3, -0.25) is 15.0 Å². The molecular weight excluding hydrogens is 432 g/mol. The highest BCUT2D eigenvalue weighted by atomic mass is 16.6. The number of nitrogens with zero attached hydrogens (tertiary/aromatic N) is 3. The van der Waals surface area contributed by atoms with Crippen molar-refractivity contribution in [2.75, 3.05) is 10.2 Å². The monoisotopic (exact) mass is 460 g/mol. The summed E-state index contributed by atoms with van der Waals surface area (Å²) in [6, 6.07) is 19.9. The third-order valence-electron chi connectivity index (χ3n) is 5.58. The third kappa shape index (κ3) is 5.33. The molecule has 1 saturated carbocycles. The molecular formula is C26H28N4O4. The smallest absolute Gasteiger partial charge is 0.415 e. The summed E-state index contributed by atoms with van der Waals surface area (Å²) in [7, 11) is 0. The fourth-order valence-corrected chi connectivity index (χ4v) is 3.72. The normalized spacial score (nSPS) is 13.6. The third-order valence-corrected chi connectivity index (χ3v) is 5.58. The summed E-state index contributed by atoms with van der Waals surface area (Å²) in [6.45, 7) is 5.54. The maximum Gasteiger partial charge on any atom is 0.415 e. The molecule has 1 amide bonds. The molecule has 1 fully saturated rings. The standard InChI is InChI=1S/C26H28N4O4/c1-26(2,3)34-25(31)29(20-10-7-11-20)21-14-12-19(13-15-21)27-24-23(30(32)33)17-16-22(28-24)18-8-5-4-6-9-18/h4-6,8-9,12-17,20H,7,10-11H2,1-3H3,(H,27,28). The van der Waals surface area contributed by atoms with Gasteiger partial charge in [-0.05, 0) is 70.4 Å². The molecule has 0 saturated heterocycles. The lowest BCUT2D eigenvalue weighted by molar-refractivity contribution is -0.384. The van der Waals surface area contributed by atoms with Crippen molar-refractivity contribution in [3.8, 4) is 11.3 Å². The highest BCUT2D eigenvalue weighted by molar-refractivity contribution is 5.89. The van der Waals surface area contributed by atoms with Crippen LogP contribution in [0.4, 0.5) is 27.7 Å². The minimum absolute atomic E-state index is 0.110. The highest BCUT2D eigenvalue weighted by Gasteiger charge is 2.33. The van der Waals surface area contributed by atoms with Gasteiger partial charge in [-0.2, -0.15) is 0 Å². The van der Waals surface area contributed by atoms with E-state index >= 15 is 0 Å². The molecule has 1 aliphatic carbocycles. The van der Waals surface area contributed by atoms with Crippen LogP contribution in [-0.4, -0.2) is 27.6 Å². The number of nitro groups is 1. The van der Waals surface area contributed by atoms with Crippen molar-refractivity contribution in [1.82, 2.24) is 4.98 Å². The predicted octanol–water partition coefficient (Wildman–Crippen LogP) is 6.69.